The largest absolute Gasteiger partial charge is 0.340 e. The predicted octanol–water partition coefficient (Wildman–Crippen LogP) is 8.50. The van der Waals surface area contributed by atoms with E-state index in [0.717, 1.165) is 46.6 Å². The first-order chi connectivity index (χ1) is 20.0. The molecule has 1 atom stereocenters. The molecule has 3 aromatic carbocycles. The Hall–Kier alpha value is -3.19. The van der Waals surface area contributed by atoms with Crippen LogP contribution in [0.4, 0.5) is 0 Å². The highest BCUT2D eigenvalue weighted by Crippen LogP contribution is 2.38. The van der Waals surface area contributed by atoms with Gasteiger partial charge in [0.05, 0.1) is 22.1 Å². The number of aromatic amines is 1. The number of piperidine rings is 1. The number of amides is 1. The molecule has 212 valence electrons. The number of rotatable bonds is 9. The molecule has 1 fully saturated rings. The highest BCUT2D eigenvalue weighted by atomic mass is 35.5. The Morgan fingerprint density at radius 3 is 2.44 bits per heavy atom. The summed E-state index contributed by atoms with van der Waals surface area (Å²) in [6.07, 6.45) is 4.51. The van der Waals surface area contributed by atoms with Gasteiger partial charge in [0.15, 0.2) is 0 Å². The van der Waals surface area contributed by atoms with Gasteiger partial charge in [0.25, 0.3) is 5.91 Å². The zero-order chi connectivity index (χ0) is 28.3. The fourth-order valence-electron chi connectivity index (χ4n) is 5.99. The van der Waals surface area contributed by atoms with Crippen LogP contribution in [0.1, 0.15) is 65.8 Å². The lowest BCUT2D eigenvalue weighted by molar-refractivity contribution is 0.0644. The van der Waals surface area contributed by atoms with Gasteiger partial charge >= 0.3 is 0 Å². The zero-order valence-electron chi connectivity index (χ0n) is 23.8. The van der Waals surface area contributed by atoms with E-state index in [9.17, 15) is 4.79 Å². The van der Waals surface area contributed by atoms with Crippen LogP contribution in [0.15, 0.2) is 72.8 Å². The Morgan fingerprint density at radius 1 is 0.976 bits per heavy atom. The minimum atomic E-state index is -0.277. The van der Waals surface area contributed by atoms with Gasteiger partial charge in [-0.15, -0.1) is 11.3 Å². The maximum atomic E-state index is 14.5. The van der Waals surface area contributed by atoms with E-state index < -0.39 is 0 Å². The molecule has 1 amide bonds. The van der Waals surface area contributed by atoms with Gasteiger partial charge in [-0.2, -0.15) is 0 Å². The van der Waals surface area contributed by atoms with Gasteiger partial charge in [-0.25, -0.2) is 4.98 Å². The molecular weight excluding hydrogens is 548 g/mol. The number of carbonyl (C=O) groups is 1. The van der Waals surface area contributed by atoms with Crippen molar-refractivity contribution in [1.82, 2.24) is 19.8 Å². The van der Waals surface area contributed by atoms with Crippen molar-refractivity contribution in [2.24, 2.45) is 5.92 Å². The van der Waals surface area contributed by atoms with Crippen LogP contribution in [0.3, 0.4) is 0 Å². The standard InChI is InChI=1S/C34H37ClN4OS/c1-23(2)21-39(34(40)32-31(35)26-14-6-9-17-30(26)41-32)29(33-36-27-15-7-8-16-28(27)37-33)20-24-12-4-5-13-25(24)22-38-18-10-3-11-19-38/h4-9,12-17,23,29H,3,10-11,18-22H2,1-2H3,(H,36,37). The second-order valence-corrected chi connectivity index (χ2v) is 13.0. The Balaban J connectivity index is 1.43. The summed E-state index contributed by atoms with van der Waals surface area (Å²) in [5, 5.41) is 1.47. The summed E-state index contributed by atoms with van der Waals surface area (Å²) in [7, 11) is 0. The number of nitrogens with one attached hydrogen (secondary N) is 1. The smallest absolute Gasteiger partial charge is 0.266 e. The van der Waals surface area contributed by atoms with Crippen LogP contribution in [0.25, 0.3) is 21.1 Å². The van der Waals surface area contributed by atoms with E-state index in [2.05, 4.69) is 48.0 Å². The van der Waals surface area contributed by atoms with Crippen LogP contribution in [0.2, 0.25) is 5.02 Å². The van der Waals surface area contributed by atoms with Gasteiger partial charge in [0.2, 0.25) is 0 Å². The van der Waals surface area contributed by atoms with Gasteiger partial charge in [0.1, 0.15) is 10.7 Å². The maximum Gasteiger partial charge on any atom is 0.266 e. The maximum absolute atomic E-state index is 14.5. The molecule has 2 aromatic heterocycles. The molecule has 1 aliphatic rings. The number of likely N-dealkylation sites (tertiary alicyclic amines) is 1. The molecule has 0 spiro atoms. The van der Waals surface area contributed by atoms with Gasteiger partial charge in [-0.05, 0) is 61.2 Å². The summed E-state index contributed by atoms with van der Waals surface area (Å²) in [6, 6.07) is 24.5. The van der Waals surface area contributed by atoms with Crippen molar-refractivity contribution in [3.05, 3.63) is 99.6 Å². The molecular formula is C34H37ClN4OS. The molecule has 1 unspecified atom stereocenters. The molecule has 5 nitrogen and oxygen atoms in total. The Kier molecular flexibility index (Phi) is 8.42. The second-order valence-electron chi connectivity index (χ2n) is 11.6. The Morgan fingerprint density at radius 2 is 1.68 bits per heavy atom. The Bertz CT molecular complexity index is 1620. The quantitative estimate of drug-likeness (QED) is 0.189. The SMILES string of the molecule is CC(C)CN(C(=O)c1sc2ccccc2c1Cl)C(Cc1ccccc1CN1CCCCC1)c1nc2ccccc2[nH]1. The summed E-state index contributed by atoms with van der Waals surface area (Å²) < 4.78 is 1.03. The average Bonchev–Trinajstić information content (AvgIpc) is 3.57. The molecule has 7 heteroatoms. The number of fused-ring (bicyclic) bond motifs is 2. The lowest BCUT2D eigenvalue weighted by Gasteiger charge is -2.33. The predicted molar refractivity (Wildman–Crippen MR) is 171 cm³/mol. The van der Waals surface area contributed by atoms with E-state index in [1.807, 2.05) is 53.4 Å². The van der Waals surface area contributed by atoms with E-state index >= 15 is 0 Å². The summed E-state index contributed by atoms with van der Waals surface area (Å²) in [5.74, 6) is 1.04. The molecule has 6 rings (SSSR count). The van der Waals surface area contributed by atoms with E-state index in [4.69, 9.17) is 16.6 Å². The highest BCUT2D eigenvalue weighted by Gasteiger charge is 2.32. The average molecular weight is 585 g/mol. The number of aromatic nitrogens is 2. The number of hydrogen-bond donors (Lipinski definition) is 1. The third kappa shape index (κ3) is 6.06. The van der Waals surface area contributed by atoms with Crippen LogP contribution >= 0.6 is 22.9 Å². The van der Waals surface area contributed by atoms with E-state index in [-0.39, 0.29) is 17.9 Å². The molecule has 1 saturated heterocycles. The van der Waals surface area contributed by atoms with Gasteiger partial charge < -0.3 is 9.88 Å². The fraction of sp³-hybridized carbons (Fsp3) is 0.353. The fourth-order valence-corrected chi connectivity index (χ4v) is 7.46. The van der Waals surface area contributed by atoms with E-state index in [1.165, 1.54) is 41.7 Å². The minimum Gasteiger partial charge on any atom is -0.340 e. The lowest BCUT2D eigenvalue weighted by Crippen LogP contribution is -2.39. The van der Waals surface area contributed by atoms with Crippen molar-refractivity contribution in [3.8, 4) is 0 Å². The number of nitrogens with zero attached hydrogens (tertiary/aromatic N) is 3. The Labute approximate surface area is 251 Å². The van der Waals surface area contributed by atoms with Crippen molar-refractivity contribution in [2.75, 3.05) is 19.6 Å². The summed E-state index contributed by atoms with van der Waals surface area (Å²) >= 11 is 8.35. The van der Waals surface area contributed by atoms with Gasteiger partial charge in [-0.3, -0.25) is 9.69 Å². The third-order valence-electron chi connectivity index (χ3n) is 8.03. The number of thiophene rings is 1. The molecule has 0 aliphatic carbocycles. The molecule has 41 heavy (non-hydrogen) atoms. The molecule has 0 radical (unpaired) electrons. The number of H-pyrrole nitrogens is 1. The van der Waals surface area contributed by atoms with Crippen LogP contribution in [-0.4, -0.2) is 45.3 Å². The summed E-state index contributed by atoms with van der Waals surface area (Å²) in [4.78, 5) is 28.3. The van der Waals surface area contributed by atoms with Crippen LogP contribution in [0, 0.1) is 5.92 Å². The van der Waals surface area contributed by atoms with Gasteiger partial charge in [0, 0.05) is 29.6 Å². The number of hydrogen-bond acceptors (Lipinski definition) is 4. The number of carbonyl (C=O) groups excluding carboxylic acids is 1. The summed E-state index contributed by atoms with van der Waals surface area (Å²) in [6.45, 7) is 8.13. The number of para-hydroxylation sites is 2. The minimum absolute atomic E-state index is 0.0381. The molecule has 0 saturated carbocycles. The van der Waals surface area contributed by atoms with Crippen molar-refractivity contribution in [2.45, 2.75) is 52.1 Å². The van der Waals surface area contributed by atoms with Crippen molar-refractivity contribution >= 4 is 50.0 Å². The normalized spacial score (nSPS) is 15.1. The molecule has 1 aliphatic heterocycles. The first kappa shape index (κ1) is 28.0. The van der Waals surface area contributed by atoms with Crippen molar-refractivity contribution in [1.29, 1.82) is 0 Å². The highest BCUT2D eigenvalue weighted by molar-refractivity contribution is 7.21. The third-order valence-corrected chi connectivity index (χ3v) is 9.69. The molecule has 1 N–H and O–H groups in total. The lowest BCUT2D eigenvalue weighted by atomic mass is 9.97. The van der Waals surface area contributed by atoms with Crippen LogP contribution < -0.4 is 0 Å². The molecule has 0 bridgehead atoms. The number of imidazole rings is 1. The van der Waals surface area contributed by atoms with Crippen molar-refractivity contribution in [3.63, 3.8) is 0 Å². The number of halogens is 1. The van der Waals surface area contributed by atoms with Crippen LogP contribution in [-0.2, 0) is 13.0 Å². The first-order valence-electron chi connectivity index (χ1n) is 14.7. The van der Waals surface area contributed by atoms with Crippen molar-refractivity contribution < 1.29 is 4.79 Å². The first-order valence-corrected chi connectivity index (χ1v) is 15.9. The van der Waals surface area contributed by atoms with Crippen LogP contribution in [0.5, 0.6) is 0 Å². The number of benzene rings is 3. The van der Waals surface area contributed by atoms with E-state index in [0.29, 0.717) is 22.9 Å². The van der Waals surface area contributed by atoms with Gasteiger partial charge in [-0.1, -0.05) is 86.5 Å². The second kappa shape index (κ2) is 12.4. The monoisotopic (exact) mass is 584 g/mol. The zero-order valence-corrected chi connectivity index (χ0v) is 25.3. The van der Waals surface area contributed by atoms with E-state index in [1.54, 1.807) is 0 Å². The molecule has 5 aromatic rings. The summed E-state index contributed by atoms with van der Waals surface area (Å²) in [5.41, 5.74) is 4.47. The topological polar surface area (TPSA) is 52.2 Å². The molecule has 3 heterocycles.